The predicted molar refractivity (Wildman–Crippen MR) is 72.1 cm³/mol. The molecule has 0 saturated heterocycles. The monoisotopic (exact) mass is 232 g/mol. The lowest BCUT2D eigenvalue weighted by molar-refractivity contribution is 0.209. The number of aliphatic hydroxyl groups excluding tert-OH is 1. The lowest BCUT2D eigenvalue weighted by Crippen LogP contribution is -2.31. The van der Waals surface area contributed by atoms with E-state index in [1.165, 1.54) is 16.3 Å². The molecule has 0 radical (unpaired) electrons. The molecule has 0 spiro atoms. The van der Waals surface area contributed by atoms with E-state index in [9.17, 15) is 5.11 Å². The van der Waals surface area contributed by atoms with Crippen LogP contribution >= 0.6 is 0 Å². The molecule has 1 nitrogen and oxygen atoms in total. The van der Waals surface area contributed by atoms with Gasteiger partial charge in [0, 0.05) is 0 Å². The molecule has 2 rings (SSSR count). The minimum Gasteiger partial charge on any atom is -0.389 e. The third kappa shape index (κ3) is 2.28. The summed E-state index contributed by atoms with van der Waals surface area (Å²) in [6.07, 6.45) is 3.85. The molecule has 16 heavy (non-hydrogen) atoms. The molecular weight excluding hydrogens is 212 g/mol. The van der Waals surface area contributed by atoms with Gasteiger partial charge < -0.3 is 5.11 Å². The van der Waals surface area contributed by atoms with E-state index in [0.29, 0.717) is 0 Å². The van der Waals surface area contributed by atoms with Crippen molar-refractivity contribution >= 4 is 14.1 Å². The average Bonchev–Trinajstić information content (AvgIpc) is 2.38. The first kappa shape index (κ1) is 11.6. The van der Waals surface area contributed by atoms with E-state index >= 15 is 0 Å². The fourth-order valence-corrected chi connectivity index (χ4v) is 4.06. The fourth-order valence-electron chi connectivity index (χ4n) is 2.33. The van der Waals surface area contributed by atoms with Crippen molar-refractivity contribution in [3.05, 3.63) is 40.6 Å². The number of hydrogen-bond acceptors (Lipinski definition) is 1. The number of fused-ring (bicyclic) bond motifs is 1. The Hall–Kier alpha value is -0.863. The molecule has 0 bridgehead atoms. The van der Waals surface area contributed by atoms with Crippen molar-refractivity contribution in [3.63, 3.8) is 0 Å². The average molecular weight is 232 g/mol. The summed E-state index contributed by atoms with van der Waals surface area (Å²) in [7, 11) is -1.41. The molecule has 1 aliphatic carbocycles. The van der Waals surface area contributed by atoms with Gasteiger partial charge in [0.1, 0.15) is 0 Å². The summed E-state index contributed by atoms with van der Waals surface area (Å²) in [5.41, 5.74) is 2.67. The van der Waals surface area contributed by atoms with Gasteiger partial charge in [-0.15, -0.1) is 0 Å². The van der Waals surface area contributed by atoms with E-state index in [4.69, 9.17) is 0 Å². The van der Waals surface area contributed by atoms with Gasteiger partial charge in [0.05, 0.1) is 14.2 Å². The van der Waals surface area contributed by atoms with Gasteiger partial charge in [-0.3, -0.25) is 0 Å². The van der Waals surface area contributed by atoms with Crippen molar-refractivity contribution in [3.8, 4) is 0 Å². The van der Waals surface area contributed by atoms with E-state index in [2.05, 4.69) is 50.0 Å². The van der Waals surface area contributed by atoms with Crippen LogP contribution in [-0.4, -0.2) is 19.3 Å². The molecule has 1 aliphatic rings. The third-order valence-corrected chi connectivity index (χ3v) is 5.49. The molecule has 0 aromatic heterocycles. The highest BCUT2D eigenvalue weighted by Crippen LogP contribution is 2.29. The van der Waals surface area contributed by atoms with Crippen LogP contribution in [0.2, 0.25) is 19.6 Å². The highest BCUT2D eigenvalue weighted by atomic mass is 28.3. The van der Waals surface area contributed by atoms with Gasteiger partial charge in [-0.25, -0.2) is 0 Å². The first-order valence-corrected chi connectivity index (χ1v) is 9.46. The lowest BCUT2D eigenvalue weighted by atomic mass is 10.0. The van der Waals surface area contributed by atoms with Crippen LogP contribution in [0.25, 0.3) is 6.08 Å². The maximum absolute atomic E-state index is 10.2. The normalized spacial score (nSPS) is 21.0. The molecule has 0 fully saturated rings. The quantitative estimate of drug-likeness (QED) is 0.737. The number of aryl methyl sites for hydroxylation is 1. The summed E-state index contributed by atoms with van der Waals surface area (Å²) >= 11 is 0. The Kier molecular flexibility index (Phi) is 3.04. The SMILES string of the molecule is C[Si](C)(C)C1=Cc2ccccc2CCC1O. The van der Waals surface area contributed by atoms with Crippen LogP contribution in [0.15, 0.2) is 29.5 Å². The predicted octanol–water partition coefficient (Wildman–Crippen LogP) is 3.25. The molecule has 0 saturated carbocycles. The number of hydrogen-bond donors (Lipinski definition) is 1. The first-order chi connectivity index (χ1) is 7.48. The minimum atomic E-state index is -1.41. The second-order valence-corrected chi connectivity index (χ2v) is 10.7. The second-order valence-electron chi connectivity index (χ2n) is 5.60. The van der Waals surface area contributed by atoms with Crippen molar-refractivity contribution < 1.29 is 5.11 Å². The van der Waals surface area contributed by atoms with E-state index in [1.54, 1.807) is 0 Å². The summed E-state index contributed by atoms with van der Waals surface area (Å²) in [5.74, 6) is 0. The van der Waals surface area contributed by atoms with Crippen molar-refractivity contribution in [2.24, 2.45) is 0 Å². The van der Waals surface area contributed by atoms with Gasteiger partial charge in [-0.1, -0.05) is 55.2 Å². The Morgan fingerprint density at radius 2 is 1.88 bits per heavy atom. The maximum atomic E-state index is 10.2. The summed E-state index contributed by atoms with van der Waals surface area (Å²) < 4.78 is 0. The molecule has 2 heteroatoms. The smallest absolute Gasteiger partial charge is 0.0758 e. The van der Waals surface area contributed by atoms with Gasteiger partial charge in [0.2, 0.25) is 0 Å². The van der Waals surface area contributed by atoms with E-state index in [-0.39, 0.29) is 6.10 Å². The third-order valence-electron chi connectivity index (χ3n) is 3.28. The van der Waals surface area contributed by atoms with Gasteiger partial charge in [0.15, 0.2) is 0 Å². The fraction of sp³-hybridized carbons (Fsp3) is 0.429. The number of aliphatic hydroxyl groups is 1. The molecule has 1 unspecified atom stereocenters. The van der Waals surface area contributed by atoms with Gasteiger partial charge >= 0.3 is 0 Å². The lowest BCUT2D eigenvalue weighted by Gasteiger charge is -2.24. The Morgan fingerprint density at radius 3 is 2.56 bits per heavy atom. The summed E-state index contributed by atoms with van der Waals surface area (Å²) in [6.45, 7) is 6.90. The molecule has 0 heterocycles. The van der Waals surface area contributed by atoms with Crippen LogP contribution in [-0.2, 0) is 6.42 Å². The highest BCUT2D eigenvalue weighted by Gasteiger charge is 2.27. The Balaban J connectivity index is 2.49. The molecule has 1 atom stereocenters. The van der Waals surface area contributed by atoms with Crippen LogP contribution in [0, 0.1) is 0 Å². The summed E-state index contributed by atoms with van der Waals surface area (Å²) in [4.78, 5) is 0. The van der Waals surface area contributed by atoms with Crippen molar-refractivity contribution in [1.82, 2.24) is 0 Å². The van der Waals surface area contributed by atoms with Crippen LogP contribution in [0.3, 0.4) is 0 Å². The summed E-state index contributed by atoms with van der Waals surface area (Å²) in [5, 5.41) is 11.5. The molecular formula is C14H20OSi. The topological polar surface area (TPSA) is 20.2 Å². The van der Waals surface area contributed by atoms with E-state index < -0.39 is 8.07 Å². The molecule has 0 amide bonds. The number of rotatable bonds is 1. The van der Waals surface area contributed by atoms with Crippen LogP contribution in [0.4, 0.5) is 0 Å². The number of benzene rings is 1. The van der Waals surface area contributed by atoms with E-state index in [1.807, 2.05) is 0 Å². The zero-order chi connectivity index (χ0) is 11.8. The van der Waals surface area contributed by atoms with E-state index in [0.717, 1.165) is 12.8 Å². The zero-order valence-corrected chi connectivity index (χ0v) is 11.3. The molecule has 1 N–H and O–H groups in total. The van der Waals surface area contributed by atoms with Crippen LogP contribution < -0.4 is 0 Å². The summed E-state index contributed by atoms with van der Waals surface area (Å²) in [6, 6.07) is 8.49. The Morgan fingerprint density at radius 1 is 1.19 bits per heavy atom. The van der Waals surface area contributed by atoms with Crippen LogP contribution in [0.1, 0.15) is 17.5 Å². The van der Waals surface area contributed by atoms with Gasteiger partial charge in [-0.05, 0) is 24.0 Å². The Labute approximate surface area is 98.8 Å². The largest absolute Gasteiger partial charge is 0.389 e. The van der Waals surface area contributed by atoms with Crippen molar-refractivity contribution in [2.75, 3.05) is 0 Å². The highest BCUT2D eigenvalue weighted by molar-refractivity contribution is 6.83. The molecule has 0 aliphatic heterocycles. The minimum absolute atomic E-state index is 0.237. The van der Waals surface area contributed by atoms with Crippen LogP contribution in [0.5, 0.6) is 0 Å². The van der Waals surface area contributed by atoms with Gasteiger partial charge in [-0.2, -0.15) is 0 Å². The second kappa shape index (κ2) is 4.19. The van der Waals surface area contributed by atoms with Crippen molar-refractivity contribution in [2.45, 2.75) is 38.6 Å². The zero-order valence-electron chi connectivity index (χ0n) is 10.3. The molecule has 1 aromatic carbocycles. The first-order valence-electron chi connectivity index (χ1n) is 5.96. The van der Waals surface area contributed by atoms with Crippen molar-refractivity contribution in [1.29, 1.82) is 0 Å². The molecule has 1 aromatic rings. The standard InChI is InChI=1S/C14H20OSi/c1-16(2,3)14-10-12-7-5-4-6-11(12)8-9-13(14)15/h4-7,10,13,15H,8-9H2,1-3H3. The van der Waals surface area contributed by atoms with Gasteiger partial charge in [0.25, 0.3) is 0 Å². The maximum Gasteiger partial charge on any atom is 0.0758 e. The molecule has 86 valence electrons. The Bertz CT molecular complexity index is 415.